The highest BCUT2D eigenvalue weighted by Crippen LogP contribution is 2.38. The van der Waals surface area contributed by atoms with Crippen molar-refractivity contribution < 1.29 is 19.2 Å². The number of nitro benzene ring substituents is 1. The van der Waals surface area contributed by atoms with Crippen molar-refractivity contribution in [3.8, 4) is 11.5 Å². The highest BCUT2D eigenvalue weighted by Gasteiger charge is 2.22. The molecule has 28 heavy (non-hydrogen) atoms. The lowest BCUT2D eigenvalue weighted by molar-refractivity contribution is -0.385. The third-order valence-corrected chi connectivity index (χ3v) is 4.55. The van der Waals surface area contributed by atoms with Crippen molar-refractivity contribution in [1.82, 2.24) is 5.32 Å². The number of nitrogens with one attached hydrogen (secondary N) is 1. The summed E-state index contributed by atoms with van der Waals surface area (Å²) in [4.78, 5) is 22.8. The topological polar surface area (TPSA) is 90.7 Å². The van der Waals surface area contributed by atoms with E-state index in [4.69, 9.17) is 9.47 Å². The largest absolute Gasteiger partial charge is 0.454 e. The second-order valence-electron chi connectivity index (χ2n) is 6.68. The highest BCUT2D eigenvalue weighted by molar-refractivity contribution is 5.92. The van der Waals surface area contributed by atoms with Crippen molar-refractivity contribution in [1.29, 1.82) is 0 Å². The van der Waals surface area contributed by atoms with Crippen LogP contribution in [-0.2, 0) is 11.2 Å². The molecule has 1 heterocycles. The Hall–Kier alpha value is -3.35. The number of hydrogen-bond donors (Lipinski definition) is 1. The van der Waals surface area contributed by atoms with E-state index in [1.165, 1.54) is 41.0 Å². The molecule has 0 spiro atoms. The molecule has 0 unspecified atom stereocenters. The van der Waals surface area contributed by atoms with Crippen LogP contribution in [0.5, 0.6) is 11.5 Å². The van der Waals surface area contributed by atoms with E-state index in [-0.39, 0.29) is 18.4 Å². The average molecular weight is 382 g/mol. The highest BCUT2D eigenvalue weighted by atomic mass is 16.7. The molecule has 3 rings (SSSR count). The van der Waals surface area contributed by atoms with E-state index in [2.05, 4.69) is 37.4 Å². The lowest BCUT2D eigenvalue weighted by Gasteiger charge is -2.07. The van der Waals surface area contributed by atoms with Gasteiger partial charge in [0, 0.05) is 12.6 Å². The molecular weight excluding hydrogens is 360 g/mol. The zero-order chi connectivity index (χ0) is 20.1. The first kappa shape index (κ1) is 19.4. The summed E-state index contributed by atoms with van der Waals surface area (Å²) in [7, 11) is 0. The summed E-state index contributed by atoms with van der Waals surface area (Å²) in [6.07, 6.45) is 4.40. The number of amides is 1. The summed E-state index contributed by atoms with van der Waals surface area (Å²) in [5, 5.41) is 14.0. The second-order valence-corrected chi connectivity index (χ2v) is 6.68. The summed E-state index contributed by atoms with van der Waals surface area (Å²) in [5.41, 5.74) is 3.91. The molecule has 0 radical (unpaired) electrons. The van der Waals surface area contributed by atoms with Gasteiger partial charge in [0.25, 0.3) is 5.69 Å². The molecule has 0 bridgehead atoms. The third kappa shape index (κ3) is 4.68. The third-order valence-electron chi connectivity index (χ3n) is 4.55. The van der Waals surface area contributed by atoms with Crippen molar-refractivity contribution in [2.24, 2.45) is 0 Å². The van der Waals surface area contributed by atoms with E-state index in [0.717, 1.165) is 12.8 Å². The molecule has 1 N–H and O–H groups in total. The number of carbonyl (C=O) groups is 1. The van der Waals surface area contributed by atoms with Crippen LogP contribution < -0.4 is 14.8 Å². The predicted molar refractivity (Wildman–Crippen MR) is 106 cm³/mol. The number of carbonyl (C=O) groups excluding carboxylic acids is 1. The van der Waals surface area contributed by atoms with Crippen molar-refractivity contribution in [3.05, 3.63) is 68.8 Å². The molecule has 146 valence electrons. The van der Waals surface area contributed by atoms with Crippen molar-refractivity contribution in [2.45, 2.75) is 26.7 Å². The van der Waals surface area contributed by atoms with Crippen LogP contribution in [0.15, 0.2) is 36.4 Å². The Bertz CT molecular complexity index is 937. The van der Waals surface area contributed by atoms with E-state index >= 15 is 0 Å². The molecular formula is C21H22N2O5. The lowest BCUT2D eigenvalue weighted by Crippen LogP contribution is -2.22. The van der Waals surface area contributed by atoms with E-state index in [9.17, 15) is 14.9 Å². The first-order valence-corrected chi connectivity index (χ1v) is 9.04. The maximum Gasteiger partial charge on any atom is 0.280 e. The maximum absolute atomic E-state index is 12.0. The van der Waals surface area contributed by atoms with Crippen LogP contribution in [0.2, 0.25) is 0 Å². The number of ether oxygens (including phenoxy) is 2. The molecule has 2 aromatic rings. The van der Waals surface area contributed by atoms with Gasteiger partial charge in [-0.2, -0.15) is 0 Å². The van der Waals surface area contributed by atoms with Crippen molar-refractivity contribution in [2.75, 3.05) is 13.3 Å². The molecule has 0 aliphatic carbocycles. The maximum atomic E-state index is 12.0. The first-order valence-electron chi connectivity index (χ1n) is 9.04. The van der Waals surface area contributed by atoms with Gasteiger partial charge in [0.05, 0.1) is 16.6 Å². The molecule has 7 nitrogen and oxygen atoms in total. The molecule has 1 aliphatic heterocycles. The Labute approximate surface area is 163 Å². The fraction of sp³-hybridized carbons (Fsp3) is 0.286. The summed E-state index contributed by atoms with van der Waals surface area (Å²) in [5.74, 6) is 0.464. The van der Waals surface area contributed by atoms with Crippen molar-refractivity contribution >= 4 is 17.7 Å². The van der Waals surface area contributed by atoms with Crippen LogP contribution in [0.4, 0.5) is 5.69 Å². The standard InChI is InChI=1S/C21H22N2O5/c1-14-5-6-16(15(2)10-14)4-3-9-22-21(24)8-7-17-11-19-20(28-13-27-19)12-18(17)23(25)26/h5-8,10-12H,3-4,9,13H2,1-2H3,(H,22,24)/b8-7+. The van der Waals surface area contributed by atoms with Crippen LogP contribution in [0.25, 0.3) is 6.08 Å². The van der Waals surface area contributed by atoms with Gasteiger partial charge in [0.2, 0.25) is 12.7 Å². The fourth-order valence-electron chi connectivity index (χ4n) is 3.08. The lowest BCUT2D eigenvalue weighted by atomic mass is 10.0. The monoisotopic (exact) mass is 382 g/mol. The number of aryl methyl sites for hydroxylation is 3. The van der Waals surface area contributed by atoms with Crippen LogP contribution in [0.3, 0.4) is 0 Å². The van der Waals surface area contributed by atoms with Crippen LogP contribution in [0.1, 0.15) is 28.7 Å². The Balaban J connectivity index is 1.55. The Morgan fingerprint density at radius 2 is 1.96 bits per heavy atom. The summed E-state index contributed by atoms with van der Waals surface area (Å²) >= 11 is 0. The average Bonchev–Trinajstić information content (AvgIpc) is 3.11. The SMILES string of the molecule is Cc1ccc(CCCNC(=O)/C=C/c2cc3c(cc2[N+](=O)[O-])OCO3)c(C)c1. The van der Waals surface area contributed by atoms with E-state index < -0.39 is 4.92 Å². The van der Waals surface area contributed by atoms with Crippen LogP contribution in [-0.4, -0.2) is 24.2 Å². The quantitative estimate of drug-likeness (QED) is 0.341. The van der Waals surface area contributed by atoms with Crippen molar-refractivity contribution in [3.63, 3.8) is 0 Å². The molecule has 7 heteroatoms. The molecule has 0 fully saturated rings. The van der Waals surface area contributed by atoms with Gasteiger partial charge in [-0.25, -0.2) is 0 Å². The first-order chi connectivity index (χ1) is 13.4. The smallest absolute Gasteiger partial charge is 0.280 e. The number of rotatable bonds is 7. The zero-order valence-electron chi connectivity index (χ0n) is 15.9. The predicted octanol–water partition coefficient (Wildman–Crippen LogP) is 3.70. The minimum Gasteiger partial charge on any atom is -0.454 e. The summed E-state index contributed by atoms with van der Waals surface area (Å²) < 4.78 is 10.4. The number of nitrogens with zero attached hydrogens (tertiary/aromatic N) is 1. The summed E-state index contributed by atoms with van der Waals surface area (Å²) in [6, 6.07) is 9.16. The van der Waals surface area contributed by atoms with Gasteiger partial charge in [0.1, 0.15) is 0 Å². The normalized spacial score (nSPS) is 12.4. The van der Waals surface area contributed by atoms with Crippen LogP contribution in [0, 0.1) is 24.0 Å². The fourth-order valence-corrected chi connectivity index (χ4v) is 3.08. The molecule has 0 saturated heterocycles. The number of benzene rings is 2. The Kier molecular flexibility index (Phi) is 5.93. The number of nitro groups is 1. The minimum atomic E-state index is -0.510. The Morgan fingerprint density at radius 1 is 1.21 bits per heavy atom. The molecule has 0 aromatic heterocycles. The zero-order valence-corrected chi connectivity index (χ0v) is 15.9. The minimum absolute atomic E-state index is 0.0284. The van der Waals surface area contributed by atoms with E-state index in [1.807, 2.05) is 0 Å². The van der Waals surface area contributed by atoms with Gasteiger partial charge >= 0.3 is 0 Å². The van der Waals surface area contributed by atoms with E-state index in [0.29, 0.717) is 23.6 Å². The van der Waals surface area contributed by atoms with Gasteiger partial charge in [-0.15, -0.1) is 0 Å². The van der Waals surface area contributed by atoms with Gasteiger partial charge in [0.15, 0.2) is 11.5 Å². The second kappa shape index (κ2) is 8.56. The summed E-state index contributed by atoms with van der Waals surface area (Å²) in [6.45, 7) is 4.70. The van der Waals surface area contributed by atoms with Gasteiger partial charge in [-0.3, -0.25) is 14.9 Å². The van der Waals surface area contributed by atoms with Gasteiger partial charge < -0.3 is 14.8 Å². The number of hydrogen-bond acceptors (Lipinski definition) is 5. The molecule has 0 atom stereocenters. The molecule has 1 aliphatic rings. The van der Waals surface area contributed by atoms with Gasteiger partial charge in [-0.1, -0.05) is 23.8 Å². The Morgan fingerprint density at radius 3 is 2.68 bits per heavy atom. The van der Waals surface area contributed by atoms with Crippen LogP contribution >= 0.6 is 0 Å². The van der Waals surface area contributed by atoms with E-state index in [1.54, 1.807) is 0 Å². The number of fused-ring (bicyclic) bond motifs is 1. The molecule has 0 saturated carbocycles. The van der Waals surface area contributed by atoms with Gasteiger partial charge in [-0.05, 0) is 50.0 Å². The molecule has 2 aromatic carbocycles. The molecule has 1 amide bonds.